The molecule has 1 aromatic heterocycles. The van der Waals surface area contributed by atoms with Crippen LogP contribution < -0.4 is 5.32 Å². The van der Waals surface area contributed by atoms with E-state index in [4.69, 9.17) is 0 Å². The zero-order valence-corrected chi connectivity index (χ0v) is 11.0. The van der Waals surface area contributed by atoms with Crippen molar-refractivity contribution in [3.8, 4) is 0 Å². The number of hydrogen-bond acceptors (Lipinski definition) is 3. The summed E-state index contributed by atoms with van der Waals surface area (Å²) in [4.78, 5) is 1.31. The largest absolute Gasteiger partial charge is 0.392 e. The Bertz CT molecular complexity index is 315. The Morgan fingerprint density at radius 2 is 2.27 bits per heavy atom. The normalized spacial score (nSPS) is 26.8. The third-order valence-electron chi connectivity index (χ3n) is 2.95. The Morgan fingerprint density at radius 1 is 1.47 bits per heavy atom. The van der Waals surface area contributed by atoms with Crippen molar-refractivity contribution in [1.82, 2.24) is 5.32 Å². The van der Waals surface area contributed by atoms with Crippen LogP contribution in [0, 0.1) is 0 Å². The van der Waals surface area contributed by atoms with Crippen LogP contribution in [0.4, 0.5) is 0 Å². The van der Waals surface area contributed by atoms with Crippen molar-refractivity contribution < 1.29 is 5.11 Å². The molecule has 0 bridgehead atoms. The van der Waals surface area contributed by atoms with Crippen LogP contribution in [0.3, 0.4) is 0 Å². The molecule has 4 heteroatoms. The van der Waals surface area contributed by atoms with E-state index >= 15 is 0 Å². The molecule has 0 aliphatic heterocycles. The van der Waals surface area contributed by atoms with Crippen molar-refractivity contribution in [3.05, 3.63) is 20.8 Å². The summed E-state index contributed by atoms with van der Waals surface area (Å²) in [6.45, 7) is 0.861. The lowest BCUT2D eigenvalue weighted by Gasteiger charge is -2.28. The van der Waals surface area contributed by atoms with Crippen LogP contribution in [0.15, 0.2) is 15.9 Å². The third-order valence-corrected chi connectivity index (χ3v) is 4.87. The molecule has 0 spiro atoms. The van der Waals surface area contributed by atoms with Crippen molar-refractivity contribution in [2.45, 2.75) is 44.4 Å². The highest BCUT2D eigenvalue weighted by molar-refractivity contribution is 9.10. The van der Waals surface area contributed by atoms with Gasteiger partial charge in [0, 0.05) is 21.9 Å². The lowest BCUT2D eigenvalue weighted by molar-refractivity contribution is 0.0904. The van der Waals surface area contributed by atoms with Gasteiger partial charge in [-0.05, 0) is 40.2 Å². The van der Waals surface area contributed by atoms with Gasteiger partial charge >= 0.3 is 0 Å². The minimum absolute atomic E-state index is 0.155. The first kappa shape index (κ1) is 11.6. The molecule has 2 nitrogen and oxygen atoms in total. The number of aliphatic hydroxyl groups is 1. The van der Waals surface area contributed by atoms with Crippen LogP contribution >= 0.6 is 27.3 Å². The van der Waals surface area contributed by atoms with E-state index in [1.807, 2.05) is 0 Å². The standard InChI is InChI=1S/C11H16BrNOS/c12-8-5-6-15-11(8)7-13-9-3-1-2-4-10(9)14/h5-6,9-10,13-14H,1-4,7H2/t9-,10-/m0/s1. The van der Waals surface area contributed by atoms with Crippen molar-refractivity contribution in [2.24, 2.45) is 0 Å². The second kappa shape index (κ2) is 5.43. The molecule has 15 heavy (non-hydrogen) atoms. The van der Waals surface area contributed by atoms with Gasteiger partial charge in [0.1, 0.15) is 0 Å². The van der Waals surface area contributed by atoms with E-state index < -0.39 is 0 Å². The maximum absolute atomic E-state index is 9.80. The fourth-order valence-electron chi connectivity index (χ4n) is 2.02. The number of hydrogen-bond donors (Lipinski definition) is 2. The Balaban J connectivity index is 1.84. The summed E-state index contributed by atoms with van der Waals surface area (Å²) in [5.41, 5.74) is 0. The minimum Gasteiger partial charge on any atom is -0.392 e. The summed E-state index contributed by atoms with van der Waals surface area (Å²) in [6, 6.07) is 2.35. The highest BCUT2D eigenvalue weighted by atomic mass is 79.9. The van der Waals surface area contributed by atoms with Gasteiger partial charge in [0.05, 0.1) is 6.10 Å². The maximum Gasteiger partial charge on any atom is 0.0693 e. The molecule has 0 radical (unpaired) electrons. The van der Waals surface area contributed by atoms with Crippen LogP contribution in [-0.2, 0) is 6.54 Å². The minimum atomic E-state index is -0.155. The molecule has 2 rings (SSSR count). The summed E-state index contributed by atoms with van der Waals surface area (Å²) in [5, 5.41) is 15.3. The first-order valence-electron chi connectivity index (χ1n) is 5.40. The van der Waals surface area contributed by atoms with Crippen LogP contribution in [0.25, 0.3) is 0 Å². The molecule has 1 saturated carbocycles. The molecular formula is C11H16BrNOS. The molecule has 0 amide bonds. The summed E-state index contributed by atoms with van der Waals surface area (Å²) in [6.07, 6.45) is 4.30. The van der Waals surface area contributed by atoms with Gasteiger partial charge in [0.2, 0.25) is 0 Å². The molecule has 0 saturated heterocycles. The predicted octanol–water partition coefficient (Wildman–Crippen LogP) is 2.90. The van der Waals surface area contributed by atoms with E-state index in [1.165, 1.54) is 22.2 Å². The Morgan fingerprint density at radius 3 is 2.93 bits per heavy atom. The van der Waals surface area contributed by atoms with Gasteiger partial charge in [0.15, 0.2) is 0 Å². The summed E-state index contributed by atoms with van der Waals surface area (Å²) in [7, 11) is 0. The zero-order chi connectivity index (χ0) is 10.7. The maximum atomic E-state index is 9.80. The molecule has 1 fully saturated rings. The van der Waals surface area contributed by atoms with E-state index in [0.717, 1.165) is 19.4 Å². The number of nitrogens with one attached hydrogen (secondary N) is 1. The van der Waals surface area contributed by atoms with Gasteiger partial charge in [0.25, 0.3) is 0 Å². The average Bonchev–Trinajstić information content (AvgIpc) is 2.63. The average molecular weight is 290 g/mol. The van der Waals surface area contributed by atoms with Crippen molar-refractivity contribution in [3.63, 3.8) is 0 Å². The molecule has 1 aliphatic rings. The van der Waals surface area contributed by atoms with Gasteiger partial charge < -0.3 is 10.4 Å². The summed E-state index contributed by atoms with van der Waals surface area (Å²) in [5.74, 6) is 0. The van der Waals surface area contributed by atoms with Crippen LogP contribution in [-0.4, -0.2) is 17.3 Å². The second-order valence-electron chi connectivity index (χ2n) is 4.03. The number of rotatable bonds is 3. The number of halogens is 1. The van der Waals surface area contributed by atoms with Crippen LogP contribution in [0.1, 0.15) is 30.6 Å². The smallest absolute Gasteiger partial charge is 0.0693 e. The molecule has 2 atom stereocenters. The molecular weight excluding hydrogens is 274 g/mol. The van der Waals surface area contributed by atoms with Gasteiger partial charge in [-0.2, -0.15) is 0 Å². The van der Waals surface area contributed by atoms with Crippen molar-refractivity contribution in [2.75, 3.05) is 0 Å². The molecule has 0 aromatic carbocycles. The van der Waals surface area contributed by atoms with Gasteiger partial charge in [-0.15, -0.1) is 11.3 Å². The first-order chi connectivity index (χ1) is 7.27. The Hall–Kier alpha value is 0.100. The number of thiophene rings is 1. The van der Waals surface area contributed by atoms with E-state index in [1.54, 1.807) is 11.3 Å². The topological polar surface area (TPSA) is 32.3 Å². The molecule has 84 valence electrons. The van der Waals surface area contributed by atoms with E-state index in [0.29, 0.717) is 0 Å². The molecule has 0 unspecified atom stereocenters. The molecule has 1 heterocycles. The molecule has 2 N–H and O–H groups in total. The SMILES string of the molecule is O[C@H]1CCCC[C@@H]1NCc1sccc1Br. The van der Waals surface area contributed by atoms with Crippen LogP contribution in [0.2, 0.25) is 0 Å². The highest BCUT2D eigenvalue weighted by Crippen LogP contribution is 2.24. The Labute approximate surface area is 103 Å². The molecule has 1 aliphatic carbocycles. The summed E-state index contributed by atoms with van der Waals surface area (Å²) < 4.78 is 1.17. The van der Waals surface area contributed by atoms with Crippen LogP contribution in [0.5, 0.6) is 0 Å². The first-order valence-corrected chi connectivity index (χ1v) is 7.08. The molecule has 1 aromatic rings. The monoisotopic (exact) mass is 289 g/mol. The van der Waals surface area contributed by atoms with E-state index in [2.05, 4.69) is 32.7 Å². The predicted molar refractivity (Wildman–Crippen MR) is 67.1 cm³/mol. The van der Waals surface area contributed by atoms with E-state index in [-0.39, 0.29) is 12.1 Å². The quantitative estimate of drug-likeness (QED) is 0.897. The third kappa shape index (κ3) is 3.03. The lowest BCUT2D eigenvalue weighted by atomic mass is 9.92. The van der Waals surface area contributed by atoms with Gasteiger partial charge in [-0.3, -0.25) is 0 Å². The van der Waals surface area contributed by atoms with Gasteiger partial charge in [-0.1, -0.05) is 12.8 Å². The van der Waals surface area contributed by atoms with Gasteiger partial charge in [-0.25, -0.2) is 0 Å². The number of aliphatic hydroxyl groups excluding tert-OH is 1. The fraction of sp³-hybridized carbons (Fsp3) is 0.636. The fourth-order valence-corrected chi connectivity index (χ4v) is 3.47. The van der Waals surface area contributed by atoms with Crippen molar-refractivity contribution in [1.29, 1.82) is 0 Å². The second-order valence-corrected chi connectivity index (χ2v) is 5.89. The zero-order valence-electron chi connectivity index (χ0n) is 8.58. The highest BCUT2D eigenvalue weighted by Gasteiger charge is 2.22. The van der Waals surface area contributed by atoms with Crippen molar-refractivity contribution >= 4 is 27.3 Å². The van der Waals surface area contributed by atoms with E-state index in [9.17, 15) is 5.11 Å². The lowest BCUT2D eigenvalue weighted by Crippen LogP contribution is -2.41. The Kier molecular flexibility index (Phi) is 4.20. The summed E-state index contributed by atoms with van der Waals surface area (Å²) >= 11 is 5.26.